The summed E-state index contributed by atoms with van der Waals surface area (Å²) in [5.74, 6) is 0. The normalized spacial score (nSPS) is 12.8. The summed E-state index contributed by atoms with van der Waals surface area (Å²) in [6, 6.07) is 0. The zero-order valence-electron chi connectivity index (χ0n) is 7.32. The number of nitroso groups, excluding NO2 is 2. The van der Waals surface area contributed by atoms with Crippen LogP contribution in [-0.4, -0.2) is 10.4 Å². The number of nitrogens with zero attached hydrogens (tertiary/aromatic N) is 4. The molecule has 0 saturated heterocycles. The predicted octanol–water partition coefficient (Wildman–Crippen LogP) is -1.34. The standard InChI is InChI=1S/C6H2N4O6/c11-5-1(7-13)2(8-14)6(12)4(10-16)3(5)9-15/h13-14H. The van der Waals surface area contributed by atoms with Crippen LogP contribution >= 0.6 is 0 Å². The van der Waals surface area contributed by atoms with E-state index in [-0.39, 0.29) is 0 Å². The highest BCUT2D eigenvalue weighted by Crippen LogP contribution is 2.15. The Morgan fingerprint density at radius 2 is 1.06 bits per heavy atom. The Bertz CT molecular complexity index is 609. The average molecular weight is 226 g/mol. The summed E-state index contributed by atoms with van der Waals surface area (Å²) in [6.07, 6.45) is 0. The van der Waals surface area contributed by atoms with Crippen molar-refractivity contribution in [3.8, 4) is 0 Å². The first kappa shape index (κ1) is 11.3. The third-order valence-corrected chi connectivity index (χ3v) is 1.69. The Morgan fingerprint density at radius 3 is 1.25 bits per heavy atom. The van der Waals surface area contributed by atoms with Gasteiger partial charge in [-0.15, -0.1) is 9.81 Å². The molecule has 10 heteroatoms. The lowest BCUT2D eigenvalue weighted by atomic mass is 10.2. The third-order valence-electron chi connectivity index (χ3n) is 1.69. The van der Waals surface area contributed by atoms with Gasteiger partial charge in [0.05, 0.1) is 0 Å². The maximum absolute atomic E-state index is 11.3. The molecule has 82 valence electrons. The molecule has 0 atom stereocenters. The van der Waals surface area contributed by atoms with Gasteiger partial charge >= 0.3 is 0 Å². The highest BCUT2D eigenvalue weighted by molar-refractivity contribution is 5.60. The minimum absolute atomic E-state index is 0.991. The van der Waals surface area contributed by atoms with E-state index in [9.17, 15) is 19.4 Å². The molecule has 0 aliphatic heterocycles. The van der Waals surface area contributed by atoms with Crippen molar-refractivity contribution in [3.05, 3.63) is 41.0 Å². The van der Waals surface area contributed by atoms with Gasteiger partial charge in [-0.2, -0.15) is 0 Å². The monoisotopic (exact) mass is 226 g/mol. The number of hydrogen-bond acceptors (Lipinski definition) is 10. The molecule has 0 amide bonds. The zero-order valence-corrected chi connectivity index (χ0v) is 7.32. The molecular weight excluding hydrogens is 224 g/mol. The number of hydrogen-bond donors (Lipinski definition) is 2. The molecule has 0 saturated carbocycles. The zero-order chi connectivity index (χ0) is 12.3. The van der Waals surface area contributed by atoms with Crippen LogP contribution in [-0.2, 0) is 0 Å². The highest BCUT2D eigenvalue weighted by atomic mass is 16.4. The summed E-state index contributed by atoms with van der Waals surface area (Å²) in [6.45, 7) is 0. The number of rotatable bonds is 2. The van der Waals surface area contributed by atoms with Crippen LogP contribution in [0.25, 0.3) is 0 Å². The van der Waals surface area contributed by atoms with Crippen molar-refractivity contribution in [3.63, 3.8) is 0 Å². The second kappa shape index (κ2) is 4.16. The van der Waals surface area contributed by atoms with E-state index < -0.39 is 32.9 Å². The van der Waals surface area contributed by atoms with Crippen molar-refractivity contribution in [2.75, 3.05) is 0 Å². The third kappa shape index (κ3) is 1.37. The van der Waals surface area contributed by atoms with Gasteiger partial charge in [0.15, 0.2) is 22.1 Å². The highest BCUT2D eigenvalue weighted by Gasteiger charge is 2.19. The second-order valence-electron chi connectivity index (χ2n) is 2.44. The quantitative estimate of drug-likeness (QED) is 0.360. The molecule has 1 rings (SSSR count). The van der Waals surface area contributed by atoms with E-state index in [1.165, 1.54) is 0 Å². The van der Waals surface area contributed by atoms with E-state index in [0.717, 1.165) is 0 Å². The van der Waals surface area contributed by atoms with Crippen molar-refractivity contribution < 1.29 is 10.4 Å². The van der Waals surface area contributed by atoms with Gasteiger partial charge < -0.3 is 10.4 Å². The fraction of sp³-hybridized carbons (Fsp3) is 0. The van der Waals surface area contributed by atoms with Crippen LogP contribution in [0.3, 0.4) is 0 Å². The van der Waals surface area contributed by atoms with Gasteiger partial charge in [0.25, 0.3) is 0 Å². The maximum Gasteiger partial charge on any atom is 0.241 e. The average Bonchev–Trinajstić information content (AvgIpc) is 2.30. The first-order valence-corrected chi connectivity index (χ1v) is 3.57. The van der Waals surface area contributed by atoms with Gasteiger partial charge in [0, 0.05) is 0 Å². The van der Waals surface area contributed by atoms with Crippen LogP contribution in [0.2, 0.25) is 0 Å². The second-order valence-corrected chi connectivity index (χ2v) is 2.44. The summed E-state index contributed by atoms with van der Waals surface area (Å²) < 4.78 is 0. The summed E-state index contributed by atoms with van der Waals surface area (Å²) in [7, 11) is 0. The molecule has 0 unspecified atom stereocenters. The van der Waals surface area contributed by atoms with Crippen LogP contribution in [0.4, 0.5) is 11.4 Å². The Labute approximate surface area is 84.4 Å². The number of benzene rings is 1. The molecule has 0 radical (unpaired) electrons. The fourth-order valence-corrected chi connectivity index (χ4v) is 1.01. The molecule has 0 aliphatic carbocycles. The molecule has 2 N–H and O–H groups in total. The Morgan fingerprint density at radius 1 is 0.750 bits per heavy atom. The molecule has 0 spiro atoms. The fourth-order valence-electron chi connectivity index (χ4n) is 1.01. The van der Waals surface area contributed by atoms with Crippen LogP contribution in [0.5, 0.6) is 0 Å². The lowest BCUT2D eigenvalue weighted by Crippen LogP contribution is -2.48. The minimum Gasteiger partial charge on any atom is -0.410 e. The van der Waals surface area contributed by atoms with Crippen LogP contribution in [0.15, 0.2) is 30.3 Å². The van der Waals surface area contributed by atoms with Gasteiger partial charge in [-0.25, -0.2) is 0 Å². The Balaban J connectivity index is 4.26. The van der Waals surface area contributed by atoms with Gasteiger partial charge in [-0.3, -0.25) is 9.59 Å². The Hall–Kier alpha value is -2.78. The SMILES string of the molecule is O=Nc1c(N=O)c(=O)c(=NO)c(=NO)c1=O. The summed E-state index contributed by atoms with van der Waals surface area (Å²) in [5.41, 5.74) is -4.86. The van der Waals surface area contributed by atoms with Crippen molar-refractivity contribution in [2.24, 2.45) is 20.7 Å². The van der Waals surface area contributed by atoms with Crippen molar-refractivity contribution in [1.82, 2.24) is 0 Å². The molecule has 0 heterocycles. The lowest BCUT2D eigenvalue weighted by molar-refractivity contribution is 0.286. The van der Waals surface area contributed by atoms with E-state index >= 15 is 0 Å². The van der Waals surface area contributed by atoms with Gasteiger partial charge in [0.2, 0.25) is 10.9 Å². The van der Waals surface area contributed by atoms with E-state index in [1.54, 1.807) is 0 Å². The van der Waals surface area contributed by atoms with Crippen LogP contribution in [0.1, 0.15) is 0 Å². The van der Waals surface area contributed by atoms with Crippen molar-refractivity contribution in [2.45, 2.75) is 0 Å². The molecule has 0 bridgehead atoms. The maximum atomic E-state index is 11.3. The van der Waals surface area contributed by atoms with Crippen molar-refractivity contribution >= 4 is 11.4 Å². The molecule has 10 nitrogen and oxygen atoms in total. The van der Waals surface area contributed by atoms with Gasteiger partial charge in [0.1, 0.15) is 0 Å². The van der Waals surface area contributed by atoms with Crippen LogP contribution < -0.4 is 21.6 Å². The van der Waals surface area contributed by atoms with Crippen molar-refractivity contribution in [1.29, 1.82) is 0 Å². The molecule has 0 fully saturated rings. The lowest BCUT2D eigenvalue weighted by Gasteiger charge is -1.90. The predicted molar refractivity (Wildman–Crippen MR) is 47.0 cm³/mol. The van der Waals surface area contributed by atoms with E-state index in [1.807, 2.05) is 0 Å². The minimum atomic E-state index is -1.33. The topological polar surface area (TPSA) is 158 Å². The molecule has 1 aromatic carbocycles. The first-order chi connectivity index (χ1) is 7.62. The molecule has 0 aliphatic rings. The molecule has 16 heavy (non-hydrogen) atoms. The molecule has 1 aromatic rings. The van der Waals surface area contributed by atoms with E-state index in [2.05, 4.69) is 20.7 Å². The largest absolute Gasteiger partial charge is 0.410 e. The molecular formula is C6H2N4O6. The molecule has 0 aromatic heterocycles. The van der Waals surface area contributed by atoms with E-state index in [4.69, 9.17) is 10.4 Å². The van der Waals surface area contributed by atoms with Crippen LogP contribution in [0, 0.1) is 9.81 Å². The summed E-state index contributed by atoms with van der Waals surface area (Å²) in [5, 5.41) is 23.8. The summed E-state index contributed by atoms with van der Waals surface area (Å²) in [4.78, 5) is 43.0. The van der Waals surface area contributed by atoms with E-state index in [0.29, 0.717) is 0 Å². The first-order valence-electron chi connectivity index (χ1n) is 3.57. The van der Waals surface area contributed by atoms with Gasteiger partial charge in [-0.05, 0) is 10.4 Å². The smallest absolute Gasteiger partial charge is 0.241 e. The Kier molecular flexibility index (Phi) is 2.94. The van der Waals surface area contributed by atoms with Gasteiger partial charge in [-0.1, -0.05) is 10.3 Å². The summed E-state index contributed by atoms with van der Waals surface area (Å²) >= 11 is 0.